The lowest BCUT2D eigenvalue weighted by Crippen LogP contribution is -2.47. The van der Waals surface area contributed by atoms with Crippen LogP contribution in [0.15, 0.2) is 0 Å². The zero-order valence-electron chi connectivity index (χ0n) is 12.2. The van der Waals surface area contributed by atoms with Crippen molar-refractivity contribution in [1.82, 2.24) is 9.80 Å². The van der Waals surface area contributed by atoms with Crippen LogP contribution in [-0.2, 0) is 9.53 Å². The number of carbonyl (C=O) groups is 2. The van der Waals surface area contributed by atoms with Crippen LogP contribution >= 0.6 is 0 Å². The number of nitrogens with zero attached hydrogens (tertiary/aromatic N) is 2. The van der Waals surface area contributed by atoms with E-state index in [1.165, 1.54) is 0 Å². The fraction of sp³-hybridized carbons (Fsp3) is 0.846. The quantitative estimate of drug-likeness (QED) is 0.823. The van der Waals surface area contributed by atoms with Crippen LogP contribution in [0.5, 0.6) is 0 Å². The van der Waals surface area contributed by atoms with Gasteiger partial charge in [0, 0.05) is 13.1 Å². The Balaban J connectivity index is 2.79. The smallest absolute Gasteiger partial charge is 0.410 e. The summed E-state index contributed by atoms with van der Waals surface area (Å²) in [5.74, 6) is -0.895. The molecule has 0 spiro atoms. The van der Waals surface area contributed by atoms with E-state index in [0.717, 1.165) is 13.0 Å². The topological polar surface area (TPSA) is 70.1 Å². The minimum absolute atomic E-state index is 0.0520. The Hall–Kier alpha value is -1.30. The van der Waals surface area contributed by atoms with Crippen LogP contribution in [0.25, 0.3) is 0 Å². The number of ether oxygens (including phenoxy) is 1. The molecule has 110 valence electrons. The summed E-state index contributed by atoms with van der Waals surface area (Å²) in [4.78, 5) is 26.7. The van der Waals surface area contributed by atoms with Crippen LogP contribution < -0.4 is 0 Å². The monoisotopic (exact) mass is 272 g/mol. The Morgan fingerprint density at radius 2 is 1.95 bits per heavy atom. The van der Waals surface area contributed by atoms with E-state index in [0.29, 0.717) is 13.1 Å². The molecule has 1 rings (SSSR count). The lowest BCUT2D eigenvalue weighted by Gasteiger charge is -2.32. The molecule has 0 aromatic heterocycles. The van der Waals surface area contributed by atoms with Crippen molar-refractivity contribution < 1.29 is 19.4 Å². The Morgan fingerprint density at radius 1 is 1.32 bits per heavy atom. The van der Waals surface area contributed by atoms with Gasteiger partial charge in [-0.2, -0.15) is 0 Å². The molecule has 1 atom stereocenters. The Kier molecular flexibility index (Phi) is 5.17. The predicted molar refractivity (Wildman–Crippen MR) is 71.1 cm³/mol. The van der Waals surface area contributed by atoms with Gasteiger partial charge < -0.3 is 19.6 Å². The molecular formula is C13H24N2O4. The van der Waals surface area contributed by atoms with Gasteiger partial charge in [0.15, 0.2) is 0 Å². The number of aliphatic carboxylic acids is 1. The zero-order chi connectivity index (χ0) is 14.6. The number of carboxylic acids is 1. The molecule has 19 heavy (non-hydrogen) atoms. The van der Waals surface area contributed by atoms with E-state index in [-0.39, 0.29) is 12.5 Å². The third-order valence-electron chi connectivity index (χ3n) is 2.94. The average Bonchev–Trinajstić information content (AvgIpc) is 2.36. The highest BCUT2D eigenvalue weighted by Crippen LogP contribution is 2.17. The van der Waals surface area contributed by atoms with E-state index in [2.05, 4.69) is 4.90 Å². The standard InChI is InChI=1S/C13H24N2O4/c1-13(2,3)19-12(18)15-7-5-6-14(4)9-10(15)8-11(16)17/h10H,5-9H2,1-4H3,(H,16,17). The summed E-state index contributed by atoms with van der Waals surface area (Å²) >= 11 is 0. The summed E-state index contributed by atoms with van der Waals surface area (Å²) < 4.78 is 5.36. The Labute approximate surface area is 114 Å². The van der Waals surface area contributed by atoms with Crippen LogP contribution in [-0.4, -0.2) is 65.3 Å². The Bertz CT molecular complexity index is 338. The summed E-state index contributed by atoms with van der Waals surface area (Å²) in [5, 5.41) is 8.98. The molecule has 1 aliphatic heterocycles. The molecule has 6 nitrogen and oxygen atoms in total. The molecule has 0 bridgehead atoms. The number of amides is 1. The van der Waals surface area contributed by atoms with Gasteiger partial charge in [-0.05, 0) is 40.8 Å². The molecule has 1 unspecified atom stereocenters. The van der Waals surface area contributed by atoms with Gasteiger partial charge in [-0.15, -0.1) is 0 Å². The largest absolute Gasteiger partial charge is 0.481 e. The summed E-state index contributed by atoms with van der Waals surface area (Å²) in [6.45, 7) is 7.38. The normalized spacial score (nSPS) is 21.9. The van der Waals surface area contributed by atoms with Crippen molar-refractivity contribution in [3.05, 3.63) is 0 Å². The second-order valence-corrected chi connectivity index (χ2v) is 6.04. The molecule has 0 aliphatic carbocycles. The third-order valence-corrected chi connectivity index (χ3v) is 2.94. The molecule has 1 heterocycles. The fourth-order valence-corrected chi connectivity index (χ4v) is 2.18. The van der Waals surface area contributed by atoms with Crippen LogP contribution in [0, 0.1) is 0 Å². The molecular weight excluding hydrogens is 248 g/mol. The number of likely N-dealkylation sites (N-methyl/N-ethyl adjacent to an activating group) is 1. The zero-order valence-corrected chi connectivity index (χ0v) is 12.2. The lowest BCUT2D eigenvalue weighted by atomic mass is 10.1. The third kappa shape index (κ3) is 5.46. The summed E-state index contributed by atoms with van der Waals surface area (Å²) in [7, 11) is 1.94. The SMILES string of the molecule is CN1CCCN(C(=O)OC(C)(C)C)C(CC(=O)O)C1. The number of rotatable bonds is 2. The van der Waals surface area contributed by atoms with E-state index in [4.69, 9.17) is 9.84 Å². The van der Waals surface area contributed by atoms with Gasteiger partial charge in [-0.3, -0.25) is 4.79 Å². The van der Waals surface area contributed by atoms with Crippen molar-refractivity contribution in [3.8, 4) is 0 Å². The number of carbonyl (C=O) groups excluding carboxylic acids is 1. The first-order valence-electron chi connectivity index (χ1n) is 6.59. The maximum absolute atomic E-state index is 12.2. The van der Waals surface area contributed by atoms with Gasteiger partial charge in [-0.1, -0.05) is 0 Å². The van der Waals surface area contributed by atoms with Crippen LogP contribution in [0.3, 0.4) is 0 Å². The Morgan fingerprint density at radius 3 is 2.47 bits per heavy atom. The molecule has 0 saturated carbocycles. The van der Waals surface area contributed by atoms with Gasteiger partial charge in [0.1, 0.15) is 5.60 Å². The van der Waals surface area contributed by atoms with E-state index in [1.54, 1.807) is 25.7 Å². The molecule has 1 N–H and O–H groups in total. The molecule has 0 aromatic rings. The van der Waals surface area contributed by atoms with Gasteiger partial charge >= 0.3 is 12.1 Å². The lowest BCUT2D eigenvalue weighted by molar-refractivity contribution is -0.138. The van der Waals surface area contributed by atoms with Gasteiger partial charge in [-0.25, -0.2) is 4.79 Å². The van der Waals surface area contributed by atoms with E-state index in [1.807, 2.05) is 7.05 Å². The highest BCUT2D eigenvalue weighted by molar-refractivity contribution is 5.72. The fourth-order valence-electron chi connectivity index (χ4n) is 2.18. The maximum atomic E-state index is 12.2. The first-order chi connectivity index (χ1) is 8.69. The molecule has 0 radical (unpaired) electrons. The van der Waals surface area contributed by atoms with Gasteiger partial charge in [0.25, 0.3) is 0 Å². The van der Waals surface area contributed by atoms with Crippen LogP contribution in [0.1, 0.15) is 33.6 Å². The first-order valence-corrected chi connectivity index (χ1v) is 6.59. The minimum atomic E-state index is -0.895. The molecule has 1 amide bonds. The average molecular weight is 272 g/mol. The van der Waals surface area contributed by atoms with Crippen LogP contribution in [0.2, 0.25) is 0 Å². The van der Waals surface area contributed by atoms with E-state index < -0.39 is 17.7 Å². The molecule has 6 heteroatoms. The molecule has 0 aromatic carbocycles. The first kappa shape index (κ1) is 15.8. The predicted octanol–water partition coefficient (Wildman–Crippen LogP) is 1.40. The maximum Gasteiger partial charge on any atom is 0.410 e. The van der Waals surface area contributed by atoms with Crippen molar-refractivity contribution in [2.24, 2.45) is 0 Å². The van der Waals surface area contributed by atoms with Crippen molar-refractivity contribution in [3.63, 3.8) is 0 Å². The van der Waals surface area contributed by atoms with E-state index >= 15 is 0 Å². The summed E-state index contributed by atoms with van der Waals surface area (Å²) in [6, 6.07) is -0.333. The number of carboxylic acid groups (broad SMARTS) is 1. The second-order valence-electron chi connectivity index (χ2n) is 6.04. The number of hydrogen-bond donors (Lipinski definition) is 1. The van der Waals surface area contributed by atoms with Crippen molar-refractivity contribution >= 4 is 12.1 Å². The highest BCUT2D eigenvalue weighted by atomic mass is 16.6. The molecule has 1 fully saturated rings. The van der Waals surface area contributed by atoms with Crippen molar-refractivity contribution in [1.29, 1.82) is 0 Å². The van der Waals surface area contributed by atoms with Crippen molar-refractivity contribution in [2.45, 2.75) is 45.3 Å². The van der Waals surface area contributed by atoms with Gasteiger partial charge in [0.05, 0.1) is 12.5 Å². The van der Waals surface area contributed by atoms with E-state index in [9.17, 15) is 9.59 Å². The minimum Gasteiger partial charge on any atom is -0.481 e. The molecule has 1 aliphatic rings. The van der Waals surface area contributed by atoms with Crippen molar-refractivity contribution in [2.75, 3.05) is 26.7 Å². The second kappa shape index (κ2) is 6.23. The highest BCUT2D eigenvalue weighted by Gasteiger charge is 2.32. The molecule has 1 saturated heterocycles. The summed E-state index contributed by atoms with van der Waals surface area (Å²) in [6.07, 6.45) is 0.351. The van der Waals surface area contributed by atoms with Gasteiger partial charge in [0.2, 0.25) is 0 Å². The number of hydrogen-bond acceptors (Lipinski definition) is 4. The van der Waals surface area contributed by atoms with Crippen LogP contribution in [0.4, 0.5) is 4.79 Å². The summed E-state index contributed by atoms with van der Waals surface area (Å²) in [5.41, 5.74) is -0.566.